The minimum Gasteiger partial charge on any atom is -0.493 e. The molecule has 0 spiro atoms. The number of aromatic nitrogens is 2. The van der Waals surface area contributed by atoms with Crippen molar-refractivity contribution in [2.45, 2.75) is 27.2 Å². The molecule has 0 saturated heterocycles. The summed E-state index contributed by atoms with van der Waals surface area (Å²) in [7, 11) is 0. The van der Waals surface area contributed by atoms with E-state index in [1.807, 2.05) is 36.4 Å². The molecule has 6 heteroatoms. The molecule has 0 amide bonds. The van der Waals surface area contributed by atoms with Gasteiger partial charge in [0.05, 0.1) is 23.2 Å². The molecule has 0 atom stereocenters. The molecule has 0 aliphatic heterocycles. The highest BCUT2D eigenvalue weighted by atomic mass is 35.5. The largest absolute Gasteiger partial charge is 0.493 e. The summed E-state index contributed by atoms with van der Waals surface area (Å²) in [6.07, 6.45) is 2.77. The van der Waals surface area contributed by atoms with Gasteiger partial charge in [-0.05, 0) is 50.6 Å². The highest BCUT2D eigenvalue weighted by molar-refractivity contribution is 5.91. The number of hydrogen-bond acceptors (Lipinski definition) is 4. The van der Waals surface area contributed by atoms with E-state index in [9.17, 15) is 5.26 Å². The molecular weight excluding hydrogens is 384 g/mol. The van der Waals surface area contributed by atoms with E-state index in [-0.39, 0.29) is 12.4 Å². The first kappa shape index (κ1) is 22.3. The first-order chi connectivity index (χ1) is 13.7. The Bertz CT molecular complexity index is 982. The minimum atomic E-state index is 0. The van der Waals surface area contributed by atoms with Crippen molar-refractivity contribution in [2.24, 2.45) is 0 Å². The third-order valence-electron chi connectivity index (χ3n) is 4.65. The molecule has 0 aliphatic rings. The second-order valence-electron chi connectivity index (χ2n) is 6.52. The van der Waals surface area contributed by atoms with Gasteiger partial charge < -0.3 is 14.6 Å². The number of ether oxygens (including phenoxy) is 1. The van der Waals surface area contributed by atoms with E-state index in [0.717, 1.165) is 47.5 Å². The summed E-state index contributed by atoms with van der Waals surface area (Å²) in [6, 6.07) is 16.2. The monoisotopic (exact) mass is 410 g/mol. The van der Waals surface area contributed by atoms with Crippen LogP contribution in [-0.2, 0) is 0 Å². The Balaban J connectivity index is 0.00000300. The molecule has 3 aromatic rings. The smallest absolute Gasteiger partial charge is 0.149 e. The van der Waals surface area contributed by atoms with E-state index in [0.29, 0.717) is 18.0 Å². The first-order valence-electron chi connectivity index (χ1n) is 9.78. The molecule has 3 rings (SSSR count). The third-order valence-corrected chi connectivity index (χ3v) is 4.65. The number of aromatic amines is 1. The topological polar surface area (TPSA) is 64.9 Å². The van der Waals surface area contributed by atoms with Gasteiger partial charge in [0.15, 0.2) is 0 Å². The Kier molecular flexibility index (Phi) is 8.11. The number of para-hydroxylation sites is 2. The first-order valence-corrected chi connectivity index (χ1v) is 9.78. The number of fused-ring (bicyclic) bond motifs is 1. The summed E-state index contributed by atoms with van der Waals surface area (Å²) in [5, 5.41) is 9.72. The van der Waals surface area contributed by atoms with Gasteiger partial charge in [-0.15, -0.1) is 12.4 Å². The molecule has 0 unspecified atom stereocenters. The van der Waals surface area contributed by atoms with Crippen molar-refractivity contribution in [2.75, 3.05) is 24.6 Å². The standard InChI is InChI=1S/C23H26N4O.ClH/c1-4-13-28-22-15-19(27(5-2)6-3)12-11-17(22)14-18(16-24)23-25-20-9-7-8-10-21(20)26-23;/h7-12,14-15H,4-6,13H2,1-3H3,(H,25,26);1H. The zero-order valence-corrected chi connectivity index (χ0v) is 17.9. The Morgan fingerprint density at radius 3 is 2.59 bits per heavy atom. The zero-order chi connectivity index (χ0) is 19.9. The van der Waals surface area contributed by atoms with Gasteiger partial charge in [-0.2, -0.15) is 5.26 Å². The summed E-state index contributed by atoms with van der Waals surface area (Å²) < 4.78 is 6.00. The number of imidazole rings is 1. The van der Waals surface area contributed by atoms with Gasteiger partial charge in [-0.3, -0.25) is 0 Å². The van der Waals surface area contributed by atoms with Gasteiger partial charge in [0.25, 0.3) is 0 Å². The van der Waals surface area contributed by atoms with E-state index < -0.39 is 0 Å². The molecule has 152 valence electrons. The molecule has 0 bridgehead atoms. The maximum Gasteiger partial charge on any atom is 0.149 e. The van der Waals surface area contributed by atoms with Crippen molar-refractivity contribution in [3.8, 4) is 11.8 Å². The fourth-order valence-electron chi connectivity index (χ4n) is 3.15. The number of halogens is 1. The third kappa shape index (κ3) is 5.10. The van der Waals surface area contributed by atoms with Crippen LogP contribution < -0.4 is 9.64 Å². The van der Waals surface area contributed by atoms with E-state index in [2.05, 4.69) is 53.8 Å². The summed E-state index contributed by atoms with van der Waals surface area (Å²) in [5.41, 5.74) is 4.24. The van der Waals surface area contributed by atoms with Crippen LogP contribution in [-0.4, -0.2) is 29.7 Å². The van der Waals surface area contributed by atoms with Crippen LogP contribution in [0.3, 0.4) is 0 Å². The van der Waals surface area contributed by atoms with E-state index in [1.54, 1.807) is 0 Å². The van der Waals surface area contributed by atoms with Crippen LogP contribution in [0.2, 0.25) is 0 Å². The lowest BCUT2D eigenvalue weighted by Crippen LogP contribution is -2.21. The zero-order valence-electron chi connectivity index (χ0n) is 17.1. The summed E-state index contributed by atoms with van der Waals surface area (Å²) in [5.74, 6) is 1.35. The summed E-state index contributed by atoms with van der Waals surface area (Å²) in [4.78, 5) is 10.0. The number of nitrogens with zero attached hydrogens (tertiary/aromatic N) is 3. The second-order valence-corrected chi connectivity index (χ2v) is 6.52. The SMILES string of the molecule is CCCOc1cc(N(CC)CC)ccc1C=C(C#N)c1nc2ccccc2[nH]1.Cl. The fraction of sp³-hybridized carbons (Fsp3) is 0.304. The van der Waals surface area contributed by atoms with Crippen LogP contribution in [0.5, 0.6) is 5.75 Å². The van der Waals surface area contributed by atoms with Crippen LogP contribution in [0, 0.1) is 11.3 Å². The van der Waals surface area contributed by atoms with E-state index in [4.69, 9.17) is 4.74 Å². The van der Waals surface area contributed by atoms with Gasteiger partial charge in [0, 0.05) is 30.4 Å². The number of benzene rings is 2. The highest BCUT2D eigenvalue weighted by Gasteiger charge is 2.12. The molecule has 0 fully saturated rings. The fourth-order valence-corrected chi connectivity index (χ4v) is 3.15. The van der Waals surface area contributed by atoms with Crippen molar-refractivity contribution in [3.63, 3.8) is 0 Å². The lowest BCUT2D eigenvalue weighted by atomic mass is 10.1. The molecule has 2 aromatic carbocycles. The van der Waals surface area contributed by atoms with Crippen LogP contribution >= 0.6 is 12.4 Å². The number of allylic oxidation sites excluding steroid dienone is 1. The van der Waals surface area contributed by atoms with Crippen LogP contribution in [0.15, 0.2) is 42.5 Å². The molecule has 0 saturated carbocycles. The predicted octanol–water partition coefficient (Wildman–Crippen LogP) is 5.68. The van der Waals surface area contributed by atoms with Crippen molar-refractivity contribution < 1.29 is 4.74 Å². The number of rotatable bonds is 8. The van der Waals surface area contributed by atoms with Gasteiger partial charge >= 0.3 is 0 Å². The molecule has 1 N–H and O–H groups in total. The maximum atomic E-state index is 9.72. The average molecular weight is 411 g/mol. The van der Waals surface area contributed by atoms with Crippen LogP contribution in [0.4, 0.5) is 5.69 Å². The Hall–Kier alpha value is -2.97. The lowest BCUT2D eigenvalue weighted by molar-refractivity contribution is 0.317. The average Bonchev–Trinajstić information content (AvgIpc) is 3.16. The lowest BCUT2D eigenvalue weighted by Gasteiger charge is -2.22. The molecule has 29 heavy (non-hydrogen) atoms. The van der Waals surface area contributed by atoms with E-state index >= 15 is 0 Å². The number of H-pyrrole nitrogens is 1. The van der Waals surface area contributed by atoms with Crippen molar-refractivity contribution in [1.29, 1.82) is 5.26 Å². The highest BCUT2D eigenvalue weighted by Crippen LogP contribution is 2.29. The second kappa shape index (κ2) is 10.5. The predicted molar refractivity (Wildman–Crippen MR) is 123 cm³/mol. The van der Waals surface area contributed by atoms with Crippen LogP contribution in [0.1, 0.15) is 38.6 Å². The number of nitrogens with one attached hydrogen (secondary N) is 1. The van der Waals surface area contributed by atoms with Gasteiger partial charge in [0.2, 0.25) is 0 Å². The Labute approximate surface area is 178 Å². The van der Waals surface area contributed by atoms with Gasteiger partial charge in [-0.25, -0.2) is 4.98 Å². The van der Waals surface area contributed by atoms with Crippen molar-refractivity contribution in [1.82, 2.24) is 9.97 Å². The van der Waals surface area contributed by atoms with E-state index in [1.165, 1.54) is 0 Å². The number of anilines is 1. The molecule has 0 aliphatic carbocycles. The Morgan fingerprint density at radius 1 is 1.17 bits per heavy atom. The van der Waals surface area contributed by atoms with Gasteiger partial charge in [-0.1, -0.05) is 19.1 Å². The summed E-state index contributed by atoms with van der Waals surface area (Å²) in [6.45, 7) is 8.86. The summed E-state index contributed by atoms with van der Waals surface area (Å²) >= 11 is 0. The Morgan fingerprint density at radius 2 is 1.93 bits per heavy atom. The van der Waals surface area contributed by atoms with Crippen molar-refractivity contribution in [3.05, 3.63) is 53.9 Å². The van der Waals surface area contributed by atoms with Gasteiger partial charge in [0.1, 0.15) is 17.6 Å². The minimum absolute atomic E-state index is 0. The molecule has 1 heterocycles. The quantitative estimate of drug-likeness (QED) is 0.485. The van der Waals surface area contributed by atoms with Crippen LogP contribution in [0.25, 0.3) is 22.7 Å². The molecule has 0 radical (unpaired) electrons. The molecule has 5 nitrogen and oxygen atoms in total. The normalized spacial score (nSPS) is 11.0. The maximum absolute atomic E-state index is 9.72. The van der Waals surface area contributed by atoms with Crippen molar-refractivity contribution >= 4 is 40.8 Å². The number of hydrogen-bond donors (Lipinski definition) is 1. The molecular formula is C23H27ClN4O. The molecule has 1 aromatic heterocycles. The number of nitriles is 1.